The van der Waals surface area contributed by atoms with E-state index in [1.807, 2.05) is 7.05 Å². The number of likely N-dealkylation sites (N-methyl/N-ethyl adjacent to an activating group) is 1. The van der Waals surface area contributed by atoms with E-state index in [0.717, 1.165) is 13.1 Å². The summed E-state index contributed by atoms with van der Waals surface area (Å²) in [5.41, 5.74) is 0.353. The Bertz CT molecular complexity index is 369. The van der Waals surface area contributed by atoms with Gasteiger partial charge in [-0.05, 0) is 19.2 Å². The number of morpholine rings is 1. The van der Waals surface area contributed by atoms with Crippen LogP contribution in [0.25, 0.3) is 0 Å². The molecule has 94 valence electrons. The van der Waals surface area contributed by atoms with Crippen molar-refractivity contribution in [1.82, 2.24) is 4.90 Å². The van der Waals surface area contributed by atoms with Gasteiger partial charge in [0.2, 0.25) is 0 Å². The summed E-state index contributed by atoms with van der Waals surface area (Å²) in [6.45, 7) is 3.06. The molecule has 0 saturated carbocycles. The molecule has 0 aliphatic carbocycles. The molecule has 1 atom stereocenters. The van der Waals surface area contributed by atoms with E-state index in [0.29, 0.717) is 23.9 Å². The first-order valence-corrected chi connectivity index (χ1v) is 6.02. The van der Waals surface area contributed by atoms with Crippen LogP contribution in [0.4, 0.5) is 10.1 Å². The second-order valence-electron chi connectivity index (χ2n) is 4.23. The number of ether oxygens (including phenoxy) is 1. The molecular weight excluding hydrogens is 243 g/mol. The quantitative estimate of drug-likeness (QED) is 0.900. The molecule has 1 fully saturated rings. The number of hydrogen-bond acceptors (Lipinski definition) is 3. The average Bonchev–Trinajstić information content (AvgIpc) is 2.28. The minimum absolute atomic E-state index is 0.0735. The molecule has 1 aromatic rings. The smallest absolute Gasteiger partial charge is 0.147 e. The SMILES string of the molecule is CN1CCOC(CNc2c(F)cccc2Cl)C1. The summed E-state index contributed by atoms with van der Waals surface area (Å²) < 4.78 is 19.1. The largest absolute Gasteiger partial charge is 0.379 e. The van der Waals surface area contributed by atoms with Gasteiger partial charge < -0.3 is 15.0 Å². The van der Waals surface area contributed by atoms with Crippen LogP contribution < -0.4 is 5.32 Å². The molecule has 0 bridgehead atoms. The van der Waals surface area contributed by atoms with E-state index >= 15 is 0 Å². The zero-order valence-electron chi connectivity index (χ0n) is 9.75. The summed E-state index contributed by atoms with van der Waals surface area (Å²) in [5.74, 6) is -0.332. The van der Waals surface area contributed by atoms with E-state index in [1.54, 1.807) is 12.1 Å². The maximum Gasteiger partial charge on any atom is 0.147 e. The fourth-order valence-corrected chi connectivity index (χ4v) is 2.10. The first-order valence-electron chi connectivity index (χ1n) is 5.65. The summed E-state index contributed by atoms with van der Waals surface area (Å²) in [6, 6.07) is 4.65. The third-order valence-corrected chi connectivity index (χ3v) is 3.13. The first-order chi connectivity index (χ1) is 8.16. The third kappa shape index (κ3) is 3.31. The molecule has 1 unspecified atom stereocenters. The van der Waals surface area contributed by atoms with Gasteiger partial charge in [-0.25, -0.2) is 4.39 Å². The number of halogens is 2. The van der Waals surface area contributed by atoms with E-state index in [9.17, 15) is 4.39 Å². The zero-order valence-corrected chi connectivity index (χ0v) is 10.5. The number of nitrogens with one attached hydrogen (secondary N) is 1. The van der Waals surface area contributed by atoms with Crippen molar-refractivity contribution >= 4 is 17.3 Å². The van der Waals surface area contributed by atoms with Gasteiger partial charge in [-0.3, -0.25) is 0 Å². The molecule has 0 aromatic heterocycles. The molecule has 0 spiro atoms. The van der Waals surface area contributed by atoms with Crippen LogP contribution in [0, 0.1) is 5.82 Å². The predicted molar refractivity (Wildman–Crippen MR) is 67.1 cm³/mol. The van der Waals surface area contributed by atoms with Crippen molar-refractivity contribution in [3.63, 3.8) is 0 Å². The molecule has 1 aliphatic heterocycles. The van der Waals surface area contributed by atoms with Crippen LogP contribution >= 0.6 is 11.6 Å². The second kappa shape index (κ2) is 5.67. The van der Waals surface area contributed by atoms with Crippen LogP contribution in [0.5, 0.6) is 0 Å². The molecule has 1 saturated heterocycles. The summed E-state index contributed by atoms with van der Waals surface area (Å²) >= 11 is 5.92. The van der Waals surface area contributed by atoms with Crippen LogP contribution in [0.2, 0.25) is 5.02 Å². The number of nitrogens with zero attached hydrogens (tertiary/aromatic N) is 1. The third-order valence-electron chi connectivity index (χ3n) is 2.81. The van der Waals surface area contributed by atoms with Gasteiger partial charge in [-0.15, -0.1) is 0 Å². The Labute approximate surface area is 106 Å². The Morgan fingerprint density at radius 3 is 3.12 bits per heavy atom. The summed E-state index contributed by atoms with van der Waals surface area (Å²) in [6.07, 6.45) is 0.0735. The van der Waals surface area contributed by atoms with Gasteiger partial charge in [-0.2, -0.15) is 0 Å². The molecule has 0 radical (unpaired) electrons. The predicted octanol–water partition coefficient (Wildman–Crippen LogP) is 2.22. The van der Waals surface area contributed by atoms with Crippen LogP contribution in [0.1, 0.15) is 0 Å². The van der Waals surface area contributed by atoms with Crippen molar-refractivity contribution in [2.75, 3.05) is 38.6 Å². The van der Waals surface area contributed by atoms with Gasteiger partial charge in [0, 0.05) is 19.6 Å². The van der Waals surface area contributed by atoms with Crippen molar-refractivity contribution in [3.8, 4) is 0 Å². The van der Waals surface area contributed by atoms with Crippen molar-refractivity contribution in [3.05, 3.63) is 29.0 Å². The van der Waals surface area contributed by atoms with Crippen molar-refractivity contribution in [2.24, 2.45) is 0 Å². The number of para-hydroxylation sites is 1. The Morgan fingerprint density at radius 1 is 1.59 bits per heavy atom. The number of hydrogen-bond donors (Lipinski definition) is 1. The lowest BCUT2D eigenvalue weighted by Crippen LogP contribution is -2.43. The second-order valence-corrected chi connectivity index (χ2v) is 4.64. The molecule has 1 heterocycles. The Kier molecular flexibility index (Phi) is 4.20. The average molecular weight is 259 g/mol. The molecule has 2 rings (SSSR count). The van der Waals surface area contributed by atoms with Gasteiger partial charge >= 0.3 is 0 Å². The highest BCUT2D eigenvalue weighted by atomic mass is 35.5. The minimum atomic E-state index is -0.332. The van der Waals surface area contributed by atoms with Crippen LogP contribution in [0.15, 0.2) is 18.2 Å². The number of benzene rings is 1. The lowest BCUT2D eigenvalue weighted by atomic mass is 10.2. The lowest BCUT2D eigenvalue weighted by Gasteiger charge is -2.30. The van der Waals surface area contributed by atoms with Crippen LogP contribution in [-0.4, -0.2) is 44.3 Å². The van der Waals surface area contributed by atoms with Crippen LogP contribution in [0.3, 0.4) is 0 Å². The van der Waals surface area contributed by atoms with E-state index in [-0.39, 0.29) is 11.9 Å². The van der Waals surface area contributed by atoms with Gasteiger partial charge in [0.05, 0.1) is 23.4 Å². The Morgan fingerprint density at radius 2 is 2.41 bits per heavy atom. The topological polar surface area (TPSA) is 24.5 Å². The van der Waals surface area contributed by atoms with Crippen molar-refractivity contribution < 1.29 is 9.13 Å². The van der Waals surface area contributed by atoms with Gasteiger partial charge in [0.15, 0.2) is 0 Å². The fraction of sp³-hybridized carbons (Fsp3) is 0.500. The summed E-state index contributed by atoms with van der Waals surface area (Å²) in [7, 11) is 2.05. The van der Waals surface area contributed by atoms with E-state index in [4.69, 9.17) is 16.3 Å². The highest BCUT2D eigenvalue weighted by Crippen LogP contribution is 2.24. The molecule has 1 N–H and O–H groups in total. The fourth-order valence-electron chi connectivity index (χ4n) is 1.87. The van der Waals surface area contributed by atoms with Crippen LogP contribution in [-0.2, 0) is 4.74 Å². The van der Waals surface area contributed by atoms with E-state index in [2.05, 4.69) is 10.2 Å². The number of rotatable bonds is 3. The standard InChI is InChI=1S/C12H16ClFN2O/c1-16-5-6-17-9(8-16)7-15-12-10(13)3-2-4-11(12)14/h2-4,9,15H,5-8H2,1H3. The van der Waals surface area contributed by atoms with Gasteiger partial charge in [0.1, 0.15) is 5.82 Å². The molecule has 17 heavy (non-hydrogen) atoms. The van der Waals surface area contributed by atoms with E-state index < -0.39 is 0 Å². The summed E-state index contributed by atoms with van der Waals surface area (Å²) in [5, 5.41) is 3.41. The maximum atomic E-state index is 13.5. The maximum absolute atomic E-state index is 13.5. The van der Waals surface area contributed by atoms with Crippen molar-refractivity contribution in [1.29, 1.82) is 0 Å². The highest BCUT2D eigenvalue weighted by Gasteiger charge is 2.18. The molecule has 5 heteroatoms. The number of anilines is 1. The Balaban J connectivity index is 1.93. The Hall–Kier alpha value is -0.840. The molecule has 3 nitrogen and oxygen atoms in total. The first kappa shape index (κ1) is 12.6. The molecular formula is C12H16ClFN2O. The minimum Gasteiger partial charge on any atom is -0.379 e. The zero-order chi connectivity index (χ0) is 12.3. The van der Waals surface area contributed by atoms with Gasteiger partial charge in [0.25, 0.3) is 0 Å². The normalized spacial score (nSPS) is 21.5. The molecule has 1 aromatic carbocycles. The summed E-state index contributed by atoms with van der Waals surface area (Å²) in [4.78, 5) is 2.19. The van der Waals surface area contributed by atoms with E-state index in [1.165, 1.54) is 6.07 Å². The lowest BCUT2D eigenvalue weighted by molar-refractivity contribution is -0.0117. The monoisotopic (exact) mass is 258 g/mol. The molecule has 0 amide bonds. The highest BCUT2D eigenvalue weighted by molar-refractivity contribution is 6.33. The van der Waals surface area contributed by atoms with Crippen molar-refractivity contribution in [2.45, 2.75) is 6.10 Å². The molecule has 1 aliphatic rings. The van der Waals surface area contributed by atoms with Gasteiger partial charge in [-0.1, -0.05) is 17.7 Å².